The van der Waals surface area contributed by atoms with Crippen molar-refractivity contribution in [1.29, 1.82) is 0 Å². The molecule has 4 aliphatic heterocycles. The Hall–Kier alpha value is -0.160. The molecule has 4 heterocycles. The van der Waals surface area contributed by atoms with Crippen LogP contribution < -0.4 is 5.32 Å². The van der Waals surface area contributed by atoms with Crippen LogP contribution in [0.25, 0.3) is 0 Å². The van der Waals surface area contributed by atoms with Gasteiger partial charge >= 0.3 is 0 Å². The summed E-state index contributed by atoms with van der Waals surface area (Å²) in [5.74, 6) is 0. The van der Waals surface area contributed by atoms with E-state index in [1.165, 1.54) is 58.4 Å². The standard InChI is InChI=1S/C14H27N3O/c1-15-13(5-4-12-3-2-10-18-12)14-11-16-6-8-17(14)9-7-16/h12-15H,2-11H2,1H3. The van der Waals surface area contributed by atoms with E-state index in [2.05, 4.69) is 22.2 Å². The number of hydrogen-bond donors (Lipinski definition) is 1. The van der Waals surface area contributed by atoms with Crippen LogP contribution in [0.5, 0.6) is 0 Å². The third-order valence-electron chi connectivity index (χ3n) is 4.98. The van der Waals surface area contributed by atoms with E-state index in [-0.39, 0.29) is 0 Å². The molecule has 4 fully saturated rings. The minimum absolute atomic E-state index is 0.539. The first-order valence-corrected chi connectivity index (χ1v) is 7.62. The Kier molecular flexibility index (Phi) is 4.19. The lowest BCUT2D eigenvalue weighted by atomic mass is 9.95. The highest BCUT2D eigenvalue weighted by atomic mass is 16.5. The average Bonchev–Trinajstić information content (AvgIpc) is 2.94. The Labute approximate surface area is 111 Å². The van der Waals surface area contributed by atoms with Crippen LogP contribution in [-0.4, -0.2) is 74.4 Å². The summed E-state index contributed by atoms with van der Waals surface area (Å²) in [4.78, 5) is 5.32. The summed E-state index contributed by atoms with van der Waals surface area (Å²) < 4.78 is 5.75. The van der Waals surface area contributed by atoms with Gasteiger partial charge in [0.05, 0.1) is 6.10 Å². The molecule has 0 aliphatic carbocycles. The van der Waals surface area contributed by atoms with E-state index in [0.29, 0.717) is 12.1 Å². The summed E-state index contributed by atoms with van der Waals surface area (Å²) in [6, 6.07) is 1.36. The molecule has 0 radical (unpaired) electrons. The Morgan fingerprint density at radius 2 is 2.11 bits per heavy atom. The van der Waals surface area contributed by atoms with Crippen molar-refractivity contribution >= 4 is 0 Å². The topological polar surface area (TPSA) is 27.7 Å². The zero-order chi connectivity index (χ0) is 12.4. The fourth-order valence-electron chi connectivity index (χ4n) is 3.81. The molecule has 4 rings (SSSR count). The largest absolute Gasteiger partial charge is 0.378 e. The Balaban J connectivity index is 1.51. The number of piperazine rings is 3. The molecule has 0 aromatic carbocycles. The second-order valence-corrected chi connectivity index (χ2v) is 6.01. The second-order valence-electron chi connectivity index (χ2n) is 6.01. The number of rotatable bonds is 5. The van der Waals surface area contributed by atoms with Crippen LogP contribution in [0.4, 0.5) is 0 Å². The van der Waals surface area contributed by atoms with Gasteiger partial charge in [-0.1, -0.05) is 0 Å². The molecule has 0 saturated carbocycles. The molecule has 18 heavy (non-hydrogen) atoms. The molecular formula is C14H27N3O. The van der Waals surface area contributed by atoms with Crippen LogP contribution in [0, 0.1) is 0 Å². The van der Waals surface area contributed by atoms with Crippen molar-refractivity contribution in [2.24, 2.45) is 0 Å². The molecule has 0 aromatic heterocycles. The van der Waals surface area contributed by atoms with E-state index in [0.717, 1.165) is 12.6 Å². The first-order valence-electron chi connectivity index (χ1n) is 7.62. The minimum Gasteiger partial charge on any atom is -0.378 e. The monoisotopic (exact) mass is 253 g/mol. The van der Waals surface area contributed by atoms with Crippen LogP contribution in [0.2, 0.25) is 0 Å². The predicted molar refractivity (Wildman–Crippen MR) is 72.9 cm³/mol. The smallest absolute Gasteiger partial charge is 0.0576 e. The summed E-state index contributed by atoms with van der Waals surface area (Å²) >= 11 is 0. The van der Waals surface area contributed by atoms with Crippen molar-refractivity contribution in [3.8, 4) is 0 Å². The van der Waals surface area contributed by atoms with Gasteiger partial charge in [0.25, 0.3) is 0 Å². The molecule has 4 aliphatic rings. The highest BCUT2D eigenvalue weighted by Crippen LogP contribution is 2.23. The molecular weight excluding hydrogens is 226 g/mol. The van der Waals surface area contributed by atoms with Crippen LogP contribution in [0.3, 0.4) is 0 Å². The van der Waals surface area contributed by atoms with Gasteiger partial charge in [-0.15, -0.1) is 0 Å². The minimum atomic E-state index is 0.539. The van der Waals surface area contributed by atoms with Crippen molar-refractivity contribution < 1.29 is 4.74 Å². The van der Waals surface area contributed by atoms with Crippen LogP contribution in [-0.2, 0) is 4.74 Å². The Morgan fingerprint density at radius 1 is 1.28 bits per heavy atom. The molecule has 3 unspecified atom stereocenters. The van der Waals surface area contributed by atoms with Gasteiger partial charge in [0.1, 0.15) is 0 Å². The first-order chi connectivity index (χ1) is 8.86. The van der Waals surface area contributed by atoms with E-state index in [1.54, 1.807) is 0 Å². The molecule has 3 atom stereocenters. The maximum Gasteiger partial charge on any atom is 0.0576 e. The highest BCUT2D eigenvalue weighted by Gasteiger charge is 2.36. The summed E-state index contributed by atoms with van der Waals surface area (Å²) in [7, 11) is 2.12. The van der Waals surface area contributed by atoms with E-state index in [9.17, 15) is 0 Å². The number of nitrogens with zero attached hydrogens (tertiary/aromatic N) is 2. The van der Waals surface area contributed by atoms with Crippen molar-refractivity contribution in [1.82, 2.24) is 15.1 Å². The van der Waals surface area contributed by atoms with E-state index in [4.69, 9.17) is 4.74 Å². The fraction of sp³-hybridized carbons (Fsp3) is 1.00. The van der Waals surface area contributed by atoms with Crippen molar-refractivity contribution in [3.63, 3.8) is 0 Å². The van der Waals surface area contributed by atoms with Gasteiger partial charge in [0.2, 0.25) is 0 Å². The predicted octanol–water partition coefficient (Wildman–Crippen LogP) is 0.533. The molecule has 4 heteroatoms. The number of likely N-dealkylation sites (N-methyl/N-ethyl adjacent to an activating group) is 1. The third-order valence-corrected chi connectivity index (χ3v) is 4.98. The average molecular weight is 253 g/mol. The van der Waals surface area contributed by atoms with E-state index >= 15 is 0 Å². The van der Waals surface area contributed by atoms with Gasteiger partial charge in [0.15, 0.2) is 0 Å². The molecule has 2 bridgehead atoms. The van der Waals surface area contributed by atoms with Crippen LogP contribution in [0.15, 0.2) is 0 Å². The van der Waals surface area contributed by atoms with Gasteiger partial charge in [-0.05, 0) is 32.7 Å². The Bertz CT molecular complexity index is 260. The number of fused-ring (bicyclic) bond motifs is 3. The molecule has 4 saturated heterocycles. The van der Waals surface area contributed by atoms with E-state index < -0.39 is 0 Å². The van der Waals surface area contributed by atoms with Gasteiger partial charge in [-0.2, -0.15) is 0 Å². The molecule has 0 aromatic rings. The molecule has 1 N–H and O–H groups in total. The van der Waals surface area contributed by atoms with Crippen molar-refractivity contribution in [3.05, 3.63) is 0 Å². The number of hydrogen-bond acceptors (Lipinski definition) is 4. The first kappa shape index (κ1) is 12.9. The molecule has 0 amide bonds. The van der Waals surface area contributed by atoms with Gasteiger partial charge in [-0.25, -0.2) is 0 Å². The van der Waals surface area contributed by atoms with Crippen LogP contribution >= 0.6 is 0 Å². The van der Waals surface area contributed by atoms with Gasteiger partial charge in [0, 0.05) is 51.4 Å². The molecule has 104 valence electrons. The van der Waals surface area contributed by atoms with E-state index in [1.807, 2.05) is 0 Å². The summed E-state index contributed by atoms with van der Waals surface area (Å²) in [5, 5.41) is 3.56. The highest BCUT2D eigenvalue weighted by molar-refractivity contribution is 4.94. The fourth-order valence-corrected chi connectivity index (χ4v) is 3.81. The lowest BCUT2D eigenvalue weighted by molar-refractivity contribution is -0.00604. The lowest BCUT2D eigenvalue weighted by Gasteiger charge is -2.50. The summed E-state index contributed by atoms with van der Waals surface area (Å²) in [5.41, 5.74) is 0. The normalized spacial score (nSPS) is 41.2. The lowest BCUT2D eigenvalue weighted by Crippen LogP contribution is -2.66. The number of ether oxygens (including phenoxy) is 1. The zero-order valence-corrected chi connectivity index (χ0v) is 11.6. The van der Waals surface area contributed by atoms with Crippen LogP contribution in [0.1, 0.15) is 25.7 Å². The van der Waals surface area contributed by atoms with Crippen molar-refractivity contribution in [2.45, 2.75) is 43.9 Å². The molecule has 4 nitrogen and oxygen atoms in total. The number of nitrogens with one attached hydrogen (secondary N) is 1. The maximum atomic E-state index is 5.75. The quantitative estimate of drug-likeness (QED) is 0.774. The van der Waals surface area contributed by atoms with Gasteiger partial charge in [-0.3, -0.25) is 9.80 Å². The summed E-state index contributed by atoms with van der Waals surface area (Å²) in [6.45, 7) is 7.33. The van der Waals surface area contributed by atoms with Crippen molar-refractivity contribution in [2.75, 3.05) is 46.4 Å². The maximum absolute atomic E-state index is 5.75. The zero-order valence-electron chi connectivity index (χ0n) is 11.6. The van der Waals surface area contributed by atoms with Gasteiger partial charge < -0.3 is 10.1 Å². The third kappa shape index (κ3) is 2.72. The Morgan fingerprint density at radius 3 is 2.67 bits per heavy atom. The SMILES string of the molecule is CNC(CCC1CCCO1)C1CN2CCN1CC2. The molecule has 0 spiro atoms. The summed E-state index contributed by atoms with van der Waals surface area (Å²) in [6.07, 6.45) is 5.57. The second kappa shape index (κ2) is 5.87.